The molecule has 1 aromatic heterocycles. The smallest absolute Gasteiger partial charge is 0.291 e. The van der Waals surface area contributed by atoms with E-state index < -0.39 is 0 Å². The van der Waals surface area contributed by atoms with Crippen molar-refractivity contribution in [3.63, 3.8) is 0 Å². The Labute approximate surface area is 193 Å². The van der Waals surface area contributed by atoms with E-state index in [0.717, 1.165) is 11.1 Å². The van der Waals surface area contributed by atoms with Gasteiger partial charge < -0.3 is 19.5 Å². The molecule has 2 aromatic carbocycles. The van der Waals surface area contributed by atoms with E-state index in [9.17, 15) is 14.4 Å². The fourth-order valence-electron chi connectivity index (χ4n) is 3.95. The van der Waals surface area contributed by atoms with Crippen LogP contribution >= 0.6 is 0 Å². The Kier molecular flexibility index (Phi) is 6.58. The first kappa shape index (κ1) is 22.3. The molecule has 0 atom stereocenters. The molecule has 170 valence electrons. The van der Waals surface area contributed by atoms with Gasteiger partial charge in [0.05, 0.1) is 6.26 Å². The maximum absolute atomic E-state index is 13.2. The molecule has 0 radical (unpaired) electrons. The number of rotatable bonds is 4. The number of carbonyl (C=O) groups excluding carboxylic acids is 3. The van der Waals surface area contributed by atoms with Crippen molar-refractivity contribution >= 4 is 23.4 Å². The summed E-state index contributed by atoms with van der Waals surface area (Å²) in [6, 6.07) is 16.1. The average Bonchev–Trinajstić information content (AvgIpc) is 3.25. The summed E-state index contributed by atoms with van der Waals surface area (Å²) in [7, 11) is 0. The van der Waals surface area contributed by atoms with Crippen LogP contribution in [0.3, 0.4) is 0 Å². The summed E-state index contributed by atoms with van der Waals surface area (Å²) in [5.74, 6) is -0.288. The van der Waals surface area contributed by atoms with Crippen LogP contribution in [-0.4, -0.2) is 53.7 Å². The number of nitrogens with one attached hydrogen (secondary N) is 1. The molecule has 0 aliphatic carbocycles. The predicted octanol–water partition coefficient (Wildman–Crippen LogP) is 4.14. The van der Waals surface area contributed by atoms with Gasteiger partial charge in [-0.05, 0) is 62.2 Å². The highest BCUT2D eigenvalue weighted by molar-refractivity contribution is 6.04. The zero-order valence-corrected chi connectivity index (χ0v) is 18.8. The lowest BCUT2D eigenvalue weighted by Crippen LogP contribution is -2.37. The van der Waals surface area contributed by atoms with Crippen molar-refractivity contribution < 1.29 is 18.8 Å². The van der Waals surface area contributed by atoms with E-state index in [-0.39, 0.29) is 23.5 Å². The minimum absolute atomic E-state index is 0.00809. The van der Waals surface area contributed by atoms with Crippen LogP contribution in [0.2, 0.25) is 0 Å². The van der Waals surface area contributed by atoms with E-state index in [1.165, 1.54) is 6.26 Å². The number of benzene rings is 2. The molecule has 7 heteroatoms. The minimum atomic E-state index is -0.368. The third-order valence-corrected chi connectivity index (χ3v) is 5.81. The second-order valence-electron chi connectivity index (χ2n) is 8.27. The van der Waals surface area contributed by atoms with Crippen LogP contribution in [0.15, 0.2) is 65.3 Å². The number of furan rings is 1. The fraction of sp³-hybridized carbons (Fsp3) is 0.269. The molecule has 1 saturated heterocycles. The number of hydrogen-bond donors (Lipinski definition) is 1. The second kappa shape index (κ2) is 9.73. The highest BCUT2D eigenvalue weighted by atomic mass is 16.3. The summed E-state index contributed by atoms with van der Waals surface area (Å²) in [5.41, 5.74) is 3.62. The molecule has 0 saturated carbocycles. The number of aryl methyl sites for hydroxylation is 2. The molecule has 7 nitrogen and oxygen atoms in total. The van der Waals surface area contributed by atoms with Gasteiger partial charge in [-0.1, -0.05) is 23.8 Å². The first-order chi connectivity index (χ1) is 15.9. The monoisotopic (exact) mass is 445 g/mol. The van der Waals surface area contributed by atoms with Crippen LogP contribution in [0.25, 0.3) is 0 Å². The van der Waals surface area contributed by atoms with Gasteiger partial charge in [-0.3, -0.25) is 14.4 Å². The van der Waals surface area contributed by atoms with Gasteiger partial charge in [-0.2, -0.15) is 0 Å². The molecule has 1 aliphatic heterocycles. The van der Waals surface area contributed by atoms with E-state index in [4.69, 9.17) is 4.42 Å². The number of hydrogen-bond acceptors (Lipinski definition) is 4. The average molecular weight is 446 g/mol. The summed E-state index contributed by atoms with van der Waals surface area (Å²) < 4.78 is 5.14. The van der Waals surface area contributed by atoms with Gasteiger partial charge in [0.25, 0.3) is 17.7 Å². The highest BCUT2D eigenvalue weighted by Crippen LogP contribution is 2.20. The van der Waals surface area contributed by atoms with Gasteiger partial charge in [-0.25, -0.2) is 0 Å². The van der Waals surface area contributed by atoms with Gasteiger partial charge >= 0.3 is 0 Å². The minimum Gasteiger partial charge on any atom is -0.459 e. The van der Waals surface area contributed by atoms with Crippen molar-refractivity contribution in [2.45, 2.75) is 20.3 Å². The predicted molar refractivity (Wildman–Crippen MR) is 125 cm³/mol. The van der Waals surface area contributed by atoms with Crippen LogP contribution in [-0.2, 0) is 0 Å². The van der Waals surface area contributed by atoms with Crippen molar-refractivity contribution in [1.29, 1.82) is 0 Å². The third-order valence-electron chi connectivity index (χ3n) is 5.81. The summed E-state index contributed by atoms with van der Waals surface area (Å²) in [5, 5.41) is 2.81. The number of amides is 3. The van der Waals surface area contributed by atoms with Crippen LogP contribution in [0.4, 0.5) is 5.69 Å². The Morgan fingerprint density at radius 3 is 2.15 bits per heavy atom. The first-order valence-corrected chi connectivity index (χ1v) is 11.0. The van der Waals surface area contributed by atoms with Crippen molar-refractivity contribution in [2.75, 3.05) is 31.5 Å². The van der Waals surface area contributed by atoms with Crippen LogP contribution < -0.4 is 5.32 Å². The molecule has 4 rings (SSSR count). The molecule has 2 heterocycles. The number of anilines is 1. The van der Waals surface area contributed by atoms with Crippen LogP contribution in [0.5, 0.6) is 0 Å². The molecule has 33 heavy (non-hydrogen) atoms. The zero-order chi connectivity index (χ0) is 23.4. The summed E-state index contributed by atoms with van der Waals surface area (Å²) in [6.45, 7) is 5.94. The van der Waals surface area contributed by atoms with Crippen molar-refractivity contribution in [3.05, 3.63) is 88.9 Å². The zero-order valence-electron chi connectivity index (χ0n) is 18.8. The van der Waals surface area contributed by atoms with Gasteiger partial charge in [0.1, 0.15) is 0 Å². The number of carbonyl (C=O) groups is 3. The molecule has 1 aliphatic rings. The Balaban J connectivity index is 1.44. The molecular weight excluding hydrogens is 418 g/mol. The molecular formula is C26H27N3O4. The summed E-state index contributed by atoms with van der Waals surface area (Å²) >= 11 is 0. The molecule has 0 spiro atoms. The van der Waals surface area contributed by atoms with E-state index >= 15 is 0 Å². The van der Waals surface area contributed by atoms with Crippen molar-refractivity contribution in [1.82, 2.24) is 9.80 Å². The fourth-order valence-corrected chi connectivity index (χ4v) is 3.95. The largest absolute Gasteiger partial charge is 0.459 e. The normalized spacial score (nSPS) is 14.0. The van der Waals surface area contributed by atoms with E-state index in [1.54, 1.807) is 29.2 Å². The molecule has 1 fully saturated rings. The molecule has 0 unspecified atom stereocenters. The quantitative estimate of drug-likeness (QED) is 0.654. The van der Waals surface area contributed by atoms with Crippen molar-refractivity contribution in [2.24, 2.45) is 0 Å². The Hall–Kier alpha value is -3.87. The Bertz CT molecular complexity index is 1170. The lowest BCUT2D eigenvalue weighted by molar-refractivity contribution is 0.0718. The van der Waals surface area contributed by atoms with E-state index in [0.29, 0.717) is 49.4 Å². The highest BCUT2D eigenvalue weighted by Gasteiger charge is 2.24. The van der Waals surface area contributed by atoms with Gasteiger partial charge in [0.15, 0.2) is 5.76 Å². The maximum atomic E-state index is 13.2. The van der Waals surface area contributed by atoms with Crippen LogP contribution in [0, 0.1) is 13.8 Å². The second-order valence-corrected chi connectivity index (χ2v) is 8.27. The van der Waals surface area contributed by atoms with Gasteiger partial charge in [-0.15, -0.1) is 0 Å². The Morgan fingerprint density at radius 2 is 1.52 bits per heavy atom. The van der Waals surface area contributed by atoms with E-state index in [2.05, 4.69) is 5.32 Å². The van der Waals surface area contributed by atoms with Gasteiger partial charge in [0.2, 0.25) is 0 Å². The van der Waals surface area contributed by atoms with Crippen molar-refractivity contribution in [3.8, 4) is 0 Å². The van der Waals surface area contributed by atoms with Crippen LogP contribution in [0.1, 0.15) is 48.8 Å². The van der Waals surface area contributed by atoms with E-state index in [1.807, 2.05) is 49.1 Å². The molecule has 3 amide bonds. The topological polar surface area (TPSA) is 82.9 Å². The Morgan fingerprint density at radius 1 is 0.818 bits per heavy atom. The molecule has 3 aromatic rings. The summed E-state index contributed by atoms with van der Waals surface area (Å²) in [4.78, 5) is 42.1. The summed E-state index contributed by atoms with van der Waals surface area (Å²) in [6.07, 6.45) is 2.14. The molecule has 0 bridgehead atoms. The lowest BCUT2D eigenvalue weighted by atomic mass is 10.1. The number of nitrogens with zero attached hydrogens (tertiary/aromatic N) is 2. The maximum Gasteiger partial charge on any atom is 0.291 e. The first-order valence-electron chi connectivity index (χ1n) is 11.0. The standard InChI is InChI=1S/C26H27N3O4/c1-18-6-3-7-20(16-18)25(31)28-11-5-12-29(14-13-28)26(32)21-10-9-19(2)22(17-21)27-24(30)23-8-4-15-33-23/h3-4,6-10,15-17H,5,11-14H2,1-2H3,(H,27,30). The van der Waals surface area contributed by atoms with Gasteiger partial charge in [0, 0.05) is 43.0 Å². The SMILES string of the molecule is Cc1cccc(C(=O)N2CCCN(C(=O)c3ccc(C)c(NC(=O)c4ccco4)c3)CC2)c1. The molecule has 1 N–H and O–H groups in total. The lowest BCUT2D eigenvalue weighted by Gasteiger charge is -2.23. The third kappa shape index (κ3) is 5.14.